The highest BCUT2D eigenvalue weighted by molar-refractivity contribution is 7.13. The van der Waals surface area contributed by atoms with E-state index in [9.17, 15) is 9.18 Å². The van der Waals surface area contributed by atoms with Crippen LogP contribution in [0.2, 0.25) is 0 Å². The maximum absolute atomic E-state index is 13.7. The number of rotatable bonds is 4. The smallest absolute Gasteiger partial charge is 0.311 e. The molecule has 0 bridgehead atoms. The Hall–Kier alpha value is -1.75. The lowest BCUT2D eigenvalue weighted by Gasteiger charge is -2.01. The third-order valence-electron chi connectivity index (χ3n) is 2.53. The molecule has 3 nitrogen and oxygen atoms in total. The lowest BCUT2D eigenvalue weighted by atomic mass is 10.1. The van der Waals surface area contributed by atoms with Crippen LogP contribution in [0.5, 0.6) is 0 Å². The van der Waals surface area contributed by atoms with E-state index in [1.54, 1.807) is 24.4 Å². The first-order chi connectivity index (χ1) is 9.10. The highest BCUT2D eigenvalue weighted by atomic mass is 32.1. The van der Waals surface area contributed by atoms with E-state index >= 15 is 0 Å². The van der Waals surface area contributed by atoms with Gasteiger partial charge in [-0.1, -0.05) is 11.6 Å². The second-order valence-electron chi connectivity index (χ2n) is 4.11. The summed E-state index contributed by atoms with van der Waals surface area (Å²) < 4.78 is 18.6. The monoisotopic (exact) mass is 279 g/mol. The number of benzene rings is 1. The van der Waals surface area contributed by atoms with Gasteiger partial charge in [0.2, 0.25) is 0 Å². The number of thiazole rings is 1. The third kappa shape index (κ3) is 3.38. The molecule has 1 aromatic heterocycles. The summed E-state index contributed by atoms with van der Waals surface area (Å²) in [5.74, 6) is -0.619. The van der Waals surface area contributed by atoms with Crippen molar-refractivity contribution in [2.75, 3.05) is 6.61 Å². The molecule has 0 fully saturated rings. The lowest BCUT2D eigenvalue weighted by Crippen LogP contribution is -2.07. The van der Waals surface area contributed by atoms with Crippen LogP contribution in [-0.2, 0) is 16.0 Å². The second-order valence-corrected chi connectivity index (χ2v) is 4.97. The number of hydrogen-bond donors (Lipinski definition) is 0. The number of nitrogens with zero attached hydrogens (tertiary/aromatic N) is 1. The Morgan fingerprint density at radius 3 is 3.00 bits per heavy atom. The van der Waals surface area contributed by atoms with E-state index in [1.807, 2.05) is 6.92 Å². The second kappa shape index (κ2) is 5.93. The first-order valence-electron chi connectivity index (χ1n) is 5.96. The zero-order valence-electron chi connectivity index (χ0n) is 10.8. The van der Waals surface area contributed by atoms with Crippen molar-refractivity contribution in [1.82, 2.24) is 4.98 Å². The number of hydrogen-bond acceptors (Lipinski definition) is 4. The summed E-state index contributed by atoms with van der Waals surface area (Å²) in [5.41, 5.74) is 2.05. The standard InChI is InChI=1S/C14H14FNO2S/c1-3-18-13(17)7-10-8-19-14(16-10)11-6-9(2)4-5-12(11)15/h4-6,8H,3,7H2,1-2H3. The van der Waals surface area contributed by atoms with Crippen LogP contribution in [0, 0.1) is 12.7 Å². The zero-order valence-corrected chi connectivity index (χ0v) is 11.6. The Bertz CT molecular complexity index is 595. The van der Waals surface area contributed by atoms with Gasteiger partial charge in [0, 0.05) is 10.9 Å². The van der Waals surface area contributed by atoms with E-state index in [0.29, 0.717) is 22.9 Å². The number of aromatic nitrogens is 1. The molecule has 1 heterocycles. The molecule has 0 aliphatic rings. The van der Waals surface area contributed by atoms with Crippen molar-refractivity contribution >= 4 is 17.3 Å². The van der Waals surface area contributed by atoms with Crippen molar-refractivity contribution in [2.45, 2.75) is 20.3 Å². The van der Waals surface area contributed by atoms with Crippen molar-refractivity contribution in [3.05, 3.63) is 40.7 Å². The minimum atomic E-state index is -0.316. The highest BCUT2D eigenvalue weighted by Gasteiger charge is 2.12. The molecule has 0 atom stereocenters. The fraction of sp³-hybridized carbons (Fsp3) is 0.286. The van der Waals surface area contributed by atoms with Crippen molar-refractivity contribution < 1.29 is 13.9 Å². The van der Waals surface area contributed by atoms with Crippen LogP contribution in [-0.4, -0.2) is 17.6 Å². The third-order valence-corrected chi connectivity index (χ3v) is 3.46. The van der Waals surface area contributed by atoms with Gasteiger partial charge < -0.3 is 4.74 Å². The molecule has 0 N–H and O–H groups in total. The molecule has 0 radical (unpaired) electrons. The summed E-state index contributed by atoms with van der Waals surface area (Å²) in [5, 5.41) is 2.34. The fourth-order valence-electron chi connectivity index (χ4n) is 1.67. The van der Waals surface area contributed by atoms with Crippen molar-refractivity contribution in [3.63, 3.8) is 0 Å². The molecule has 0 saturated carbocycles. The van der Waals surface area contributed by atoms with Crippen LogP contribution in [0.15, 0.2) is 23.6 Å². The molecule has 0 aliphatic carbocycles. The van der Waals surface area contributed by atoms with Crippen LogP contribution < -0.4 is 0 Å². The number of ether oxygens (including phenoxy) is 1. The minimum absolute atomic E-state index is 0.123. The van der Waals surface area contributed by atoms with Gasteiger partial charge in [-0.05, 0) is 26.0 Å². The quantitative estimate of drug-likeness (QED) is 0.806. The number of aryl methyl sites for hydroxylation is 1. The van der Waals surface area contributed by atoms with Crippen LogP contribution in [0.1, 0.15) is 18.2 Å². The summed E-state index contributed by atoms with van der Waals surface area (Å²) in [4.78, 5) is 15.6. The molecule has 5 heteroatoms. The maximum atomic E-state index is 13.7. The maximum Gasteiger partial charge on any atom is 0.311 e. The normalized spacial score (nSPS) is 10.5. The molecule has 0 saturated heterocycles. The average Bonchev–Trinajstić information content (AvgIpc) is 2.81. The molecular formula is C14H14FNO2S. The molecule has 19 heavy (non-hydrogen) atoms. The molecule has 0 aliphatic heterocycles. The molecular weight excluding hydrogens is 265 g/mol. The lowest BCUT2D eigenvalue weighted by molar-refractivity contribution is -0.142. The van der Waals surface area contributed by atoms with Gasteiger partial charge in [0.25, 0.3) is 0 Å². The highest BCUT2D eigenvalue weighted by Crippen LogP contribution is 2.27. The van der Waals surface area contributed by atoms with E-state index in [-0.39, 0.29) is 18.2 Å². The van der Waals surface area contributed by atoms with Crippen molar-refractivity contribution in [3.8, 4) is 10.6 Å². The van der Waals surface area contributed by atoms with Gasteiger partial charge in [0.1, 0.15) is 10.8 Å². The Labute approximate surface area is 115 Å². The molecule has 0 unspecified atom stereocenters. The first kappa shape index (κ1) is 13.7. The van der Waals surface area contributed by atoms with Crippen LogP contribution in [0.3, 0.4) is 0 Å². The van der Waals surface area contributed by atoms with Crippen molar-refractivity contribution in [1.29, 1.82) is 0 Å². The van der Waals surface area contributed by atoms with E-state index in [2.05, 4.69) is 4.98 Å². The van der Waals surface area contributed by atoms with Gasteiger partial charge in [-0.2, -0.15) is 0 Å². The predicted octanol–water partition coefficient (Wildman–Crippen LogP) is 3.36. The Kier molecular flexibility index (Phi) is 4.27. The Morgan fingerprint density at radius 1 is 1.47 bits per heavy atom. The van der Waals surface area contributed by atoms with E-state index in [0.717, 1.165) is 5.56 Å². The Balaban J connectivity index is 2.21. The van der Waals surface area contributed by atoms with E-state index in [1.165, 1.54) is 17.4 Å². The van der Waals surface area contributed by atoms with Gasteiger partial charge >= 0.3 is 5.97 Å². The van der Waals surface area contributed by atoms with E-state index < -0.39 is 0 Å². The topological polar surface area (TPSA) is 39.2 Å². The van der Waals surface area contributed by atoms with Crippen LogP contribution in [0.4, 0.5) is 4.39 Å². The number of carbonyl (C=O) groups excluding carboxylic acids is 1. The van der Waals surface area contributed by atoms with Gasteiger partial charge in [-0.25, -0.2) is 9.37 Å². The predicted molar refractivity (Wildman–Crippen MR) is 72.6 cm³/mol. The van der Waals surface area contributed by atoms with E-state index in [4.69, 9.17) is 4.74 Å². The minimum Gasteiger partial charge on any atom is -0.466 e. The summed E-state index contributed by atoms with van der Waals surface area (Å²) in [6.45, 7) is 4.00. The molecule has 0 amide bonds. The molecule has 2 aromatic rings. The molecule has 0 spiro atoms. The van der Waals surface area contributed by atoms with Gasteiger partial charge in [0.15, 0.2) is 0 Å². The largest absolute Gasteiger partial charge is 0.466 e. The SMILES string of the molecule is CCOC(=O)Cc1csc(-c2cc(C)ccc2F)n1. The number of carbonyl (C=O) groups is 1. The van der Waals surface area contributed by atoms with Crippen molar-refractivity contribution in [2.24, 2.45) is 0 Å². The summed E-state index contributed by atoms with van der Waals surface area (Å²) in [6, 6.07) is 4.89. The fourth-order valence-corrected chi connectivity index (χ4v) is 2.51. The molecule has 2 rings (SSSR count). The summed E-state index contributed by atoms with van der Waals surface area (Å²) in [7, 11) is 0. The van der Waals surface area contributed by atoms with Gasteiger partial charge in [-0.3, -0.25) is 4.79 Å². The van der Waals surface area contributed by atoms with Crippen LogP contribution in [0.25, 0.3) is 10.6 Å². The first-order valence-corrected chi connectivity index (χ1v) is 6.84. The number of esters is 1. The Morgan fingerprint density at radius 2 is 2.26 bits per heavy atom. The summed E-state index contributed by atoms with van der Waals surface area (Å²) in [6.07, 6.45) is 0.123. The van der Waals surface area contributed by atoms with Gasteiger partial charge in [0.05, 0.1) is 18.7 Å². The molecule has 100 valence electrons. The number of halogens is 1. The van der Waals surface area contributed by atoms with Crippen LogP contribution >= 0.6 is 11.3 Å². The summed E-state index contributed by atoms with van der Waals surface area (Å²) >= 11 is 1.33. The van der Waals surface area contributed by atoms with Gasteiger partial charge in [-0.15, -0.1) is 11.3 Å². The zero-order chi connectivity index (χ0) is 13.8. The average molecular weight is 279 g/mol. The molecule has 1 aromatic carbocycles.